The summed E-state index contributed by atoms with van der Waals surface area (Å²) in [6.07, 6.45) is 3.99. The van der Waals surface area contributed by atoms with Gasteiger partial charge in [0.25, 0.3) is 0 Å². The molecule has 1 aliphatic heterocycles. The Hall–Kier alpha value is -3.04. The molecule has 0 N–H and O–H groups in total. The predicted octanol–water partition coefficient (Wildman–Crippen LogP) is 2.47. The number of likely N-dealkylation sites (N-methyl/N-ethyl adjacent to an activating group) is 1. The van der Waals surface area contributed by atoms with Crippen LogP contribution in [0.15, 0.2) is 47.5 Å². The minimum absolute atomic E-state index is 0.191. The molecule has 4 rings (SSSR count). The number of hydrogen-bond donors (Lipinski definition) is 0. The van der Waals surface area contributed by atoms with E-state index in [1.165, 1.54) is 12.7 Å². The first-order valence-electron chi connectivity index (χ1n) is 9.43. The summed E-state index contributed by atoms with van der Waals surface area (Å²) in [5.41, 5.74) is 0.826. The van der Waals surface area contributed by atoms with E-state index in [-0.39, 0.29) is 6.10 Å². The van der Waals surface area contributed by atoms with Gasteiger partial charge in [0.05, 0.1) is 6.10 Å². The average Bonchev–Trinajstić information content (AvgIpc) is 3.38. The van der Waals surface area contributed by atoms with E-state index >= 15 is 0 Å². The van der Waals surface area contributed by atoms with Crippen molar-refractivity contribution in [3.8, 4) is 23.1 Å². The highest BCUT2D eigenvalue weighted by Gasteiger charge is 2.33. The zero-order valence-corrected chi connectivity index (χ0v) is 16.7. The maximum absolute atomic E-state index is 5.93. The largest absolute Gasteiger partial charge is 0.439 e. The zero-order chi connectivity index (χ0) is 20.2. The van der Waals surface area contributed by atoms with Crippen molar-refractivity contribution in [3.05, 3.63) is 43.1 Å². The molecule has 1 aliphatic rings. The molecule has 152 valence electrons. The molecule has 29 heavy (non-hydrogen) atoms. The summed E-state index contributed by atoms with van der Waals surface area (Å²) in [5, 5.41) is 7.59. The third-order valence-electron chi connectivity index (χ3n) is 4.89. The van der Waals surface area contributed by atoms with Crippen LogP contribution in [0.25, 0.3) is 11.5 Å². The first kappa shape index (κ1) is 19.3. The van der Waals surface area contributed by atoms with Crippen LogP contribution in [0.4, 0.5) is 5.82 Å². The number of methoxy groups -OCH3 is 1. The molecule has 9 heteroatoms. The highest BCUT2D eigenvalue weighted by atomic mass is 16.5. The Kier molecular flexibility index (Phi) is 5.68. The Morgan fingerprint density at radius 1 is 1.21 bits per heavy atom. The third kappa shape index (κ3) is 4.52. The minimum atomic E-state index is 0.191. The maximum atomic E-state index is 5.93. The number of aromatic nitrogens is 4. The zero-order valence-electron chi connectivity index (χ0n) is 16.7. The summed E-state index contributed by atoms with van der Waals surface area (Å²) in [7, 11) is 5.91. The highest BCUT2D eigenvalue weighted by molar-refractivity contribution is 5.54. The van der Waals surface area contributed by atoms with Crippen molar-refractivity contribution in [3.63, 3.8) is 0 Å². The Labute approximate surface area is 169 Å². The van der Waals surface area contributed by atoms with Gasteiger partial charge in [-0.1, -0.05) is 0 Å². The normalized spacial score (nSPS) is 19.1. The lowest BCUT2D eigenvalue weighted by atomic mass is 10.2. The number of ether oxygens (including phenoxy) is 2. The Morgan fingerprint density at radius 3 is 2.72 bits per heavy atom. The second-order valence-corrected chi connectivity index (χ2v) is 7.25. The fourth-order valence-corrected chi connectivity index (χ4v) is 3.55. The van der Waals surface area contributed by atoms with Gasteiger partial charge >= 0.3 is 0 Å². The van der Waals surface area contributed by atoms with Crippen LogP contribution in [-0.4, -0.2) is 71.5 Å². The molecule has 0 aliphatic carbocycles. The molecule has 0 radical (unpaired) electrons. The van der Waals surface area contributed by atoms with Gasteiger partial charge in [0.1, 0.15) is 17.9 Å². The predicted molar refractivity (Wildman–Crippen MR) is 107 cm³/mol. The van der Waals surface area contributed by atoms with Crippen LogP contribution in [0.1, 0.15) is 6.42 Å². The van der Waals surface area contributed by atoms with Crippen molar-refractivity contribution in [1.29, 1.82) is 0 Å². The van der Waals surface area contributed by atoms with E-state index < -0.39 is 0 Å². The molecule has 0 saturated carbocycles. The third-order valence-corrected chi connectivity index (χ3v) is 4.89. The van der Waals surface area contributed by atoms with E-state index in [1.54, 1.807) is 7.11 Å². The highest BCUT2D eigenvalue weighted by Crippen LogP contribution is 2.29. The van der Waals surface area contributed by atoms with Crippen LogP contribution in [0, 0.1) is 0 Å². The van der Waals surface area contributed by atoms with Crippen molar-refractivity contribution < 1.29 is 13.9 Å². The molecule has 2 atom stereocenters. The maximum Gasteiger partial charge on any atom is 0.247 e. The number of benzene rings is 1. The number of rotatable bonds is 7. The smallest absolute Gasteiger partial charge is 0.247 e. The number of anilines is 1. The first-order chi connectivity index (χ1) is 14.1. The van der Waals surface area contributed by atoms with Crippen molar-refractivity contribution in [2.45, 2.75) is 18.6 Å². The van der Waals surface area contributed by atoms with Gasteiger partial charge in [0.15, 0.2) is 0 Å². The molecule has 0 spiro atoms. The lowest BCUT2D eigenvalue weighted by molar-refractivity contribution is 0.117. The second kappa shape index (κ2) is 8.54. The minimum Gasteiger partial charge on any atom is -0.439 e. The molecule has 1 saturated heterocycles. The summed E-state index contributed by atoms with van der Waals surface area (Å²) in [5.74, 6) is 2.46. The van der Waals surface area contributed by atoms with Gasteiger partial charge in [-0.3, -0.25) is 0 Å². The lowest BCUT2D eigenvalue weighted by Gasteiger charge is -2.27. The molecule has 2 aromatic heterocycles. The molecule has 9 nitrogen and oxygen atoms in total. The van der Waals surface area contributed by atoms with Crippen molar-refractivity contribution in [2.75, 3.05) is 39.2 Å². The number of hydrogen-bond acceptors (Lipinski definition) is 9. The van der Waals surface area contributed by atoms with E-state index in [0.717, 1.165) is 30.9 Å². The van der Waals surface area contributed by atoms with Gasteiger partial charge in [-0.2, -0.15) is 0 Å². The van der Waals surface area contributed by atoms with Crippen LogP contribution in [0.2, 0.25) is 0 Å². The molecule has 0 bridgehead atoms. The molecule has 0 amide bonds. The van der Waals surface area contributed by atoms with Gasteiger partial charge in [-0.15, -0.1) is 10.2 Å². The van der Waals surface area contributed by atoms with Gasteiger partial charge in [0, 0.05) is 37.9 Å². The molecule has 3 heterocycles. The van der Waals surface area contributed by atoms with Crippen molar-refractivity contribution >= 4 is 5.82 Å². The number of nitrogens with zero attached hydrogens (tertiary/aromatic N) is 6. The molecule has 3 aromatic rings. The summed E-state index contributed by atoms with van der Waals surface area (Å²) in [6, 6.07) is 9.60. The van der Waals surface area contributed by atoms with Crippen LogP contribution >= 0.6 is 0 Å². The van der Waals surface area contributed by atoms with Crippen LogP contribution in [0.3, 0.4) is 0 Å². The topological polar surface area (TPSA) is 89.6 Å². The summed E-state index contributed by atoms with van der Waals surface area (Å²) in [6.45, 7) is 1.72. The average molecular weight is 396 g/mol. The SMILES string of the molecule is CO[C@H]1C[C@@H](CN(C)C)N(c2cc(Oc3ccc(-c4nnco4)cc3)ncn2)C1. The summed E-state index contributed by atoms with van der Waals surface area (Å²) >= 11 is 0. The van der Waals surface area contributed by atoms with Crippen LogP contribution < -0.4 is 9.64 Å². The van der Waals surface area contributed by atoms with Gasteiger partial charge in [-0.25, -0.2) is 9.97 Å². The van der Waals surface area contributed by atoms with E-state index in [1.807, 2.05) is 30.3 Å². The second-order valence-electron chi connectivity index (χ2n) is 7.25. The van der Waals surface area contributed by atoms with Crippen molar-refractivity contribution in [1.82, 2.24) is 25.1 Å². The monoisotopic (exact) mass is 396 g/mol. The van der Waals surface area contributed by atoms with E-state index in [2.05, 4.69) is 44.1 Å². The first-order valence-corrected chi connectivity index (χ1v) is 9.43. The Morgan fingerprint density at radius 2 is 2.03 bits per heavy atom. The molecule has 1 aromatic carbocycles. The van der Waals surface area contributed by atoms with Crippen LogP contribution in [-0.2, 0) is 4.74 Å². The van der Waals surface area contributed by atoms with E-state index in [4.69, 9.17) is 13.9 Å². The van der Waals surface area contributed by atoms with E-state index in [0.29, 0.717) is 23.6 Å². The molecule has 1 fully saturated rings. The molecular formula is C20H24N6O3. The quantitative estimate of drug-likeness (QED) is 0.597. The van der Waals surface area contributed by atoms with Gasteiger partial charge < -0.3 is 23.7 Å². The fourth-order valence-electron chi connectivity index (χ4n) is 3.55. The lowest BCUT2D eigenvalue weighted by Crippen LogP contribution is -2.38. The standard InChI is InChI=1S/C20H24N6O3/c1-25(2)10-15-8-17(27-3)11-26(15)18-9-19(22-12-21-18)29-16-6-4-14(5-7-16)20-24-23-13-28-20/h4-7,9,12-13,15,17H,8,10-11H2,1-3H3/t15-,17-/m0/s1. The van der Waals surface area contributed by atoms with Crippen LogP contribution in [0.5, 0.6) is 11.6 Å². The molecule has 0 unspecified atom stereocenters. The Balaban J connectivity index is 1.49. The van der Waals surface area contributed by atoms with Gasteiger partial charge in [-0.05, 0) is 44.8 Å². The fraction of sp³-hybridized carbons (Fsp3) is 0.400. The van der Waals surface area contributed by atoms with Crippen molar-refractivity contribution in [2.24, 2.45) is 0 Å². The summed E-state index contributed by atoms with van der Waals surface area (Å²) in [4.78, 5) is 13.2. The van der Waals surface area contributed by atoms with E-state index in [9.17, 15) is 0 Å². The Bertz CT molecular complexity index is 916. The van der Waals surface area contributed by atoms with Gasteiger partial charge in [0.2, 0.25) is 18.2 Å². The summed E-state index contributed by atoms with van der Waals surface area (Å²) < 4.78 is 16.7. The molecular weight excluding hydrogens is 372 g/mol.